The number of phenols is 1. The fourth-order valence-electron chi connectivity index (χ4n) is 9.01. The molecule has 4 aliphatic rings. The van der Waals surface area contributed by atoms with E-state index >= 15 is 0 Å². The van der Waals surface area contributed by atoms with E-state index in [-0.39, 0.29) is 49.1 Å². The lowest BCUT2D eigenvalue weighted by Gasteiger charge is -2.60. The molecule has 2 N–H and O–H groups in total. The van der Waals surface area contributed by atoms with Gasteiger partial charge in [0.1, 0.15) is 11.8 Å². The molecule has 0 spiro atoms. The second-order valence-corrected chi connectivity index (χ2v) is 14.5. The van der Waals surface area contributed by atoms with Gasteiger partial charge in [-0.2, -0.15) is 5.26 Å². The average molecular weight is 709 g/mol. The molecular formula is C41H48N4O7. The Balaban J connectivity index is 1.33. The number of nitriles is 1. The number of unbranched alkanes of at least 4 members (excludes halogenated alkanes) is 2. The predicted molar refractivity (Wildman–Crippen MR) is 194 cm³/mol. The van der Waals surface area contributed by atoms with E-state index in [2.05, 4.69) is 34.2 Å². The van der Waals surface area contributed by atoms with Crippen molar-refractivity contribution in [2.24, 2.45) is 0 Å². The molecule has 0 radical (unpaired) electrons. The number of likely N-dealkylation sites (N-methyl/N-ethyl adjacent to an activating group) is 1. The quantitative estimate of drug-likeness (QED) is 0.144. The standard InChI is InChI=1S/C41H48N4O7/c1-6-7-9-14-33(47)52-41-34-26(17-23(2)38(41)49-5)18-28-30(20-42)45-29(36(34)44(28)4)19-27-35(40-39(50-22-51-40)24(3)37(27)48)31(45)21-43-32(46)16-15-25-12-10-8-11-13-25/h8,10-13,17,28-31,36,48H,6-7,9,14-16,18-19,21-22H2,1-5H3,(H,43,46)/t28-,29?,30-,31-,36-/m0/s1. The Labute approximate surface area is 305 Å². The number of rotatable bonds is 11. The molecule has 1 amide bonds. The number of phenolic OH excluding ortho intramolecular Hbond substituents is 1. The van der Waals surface area contributed by atoms with Crippen molar-refractivity contribution in [3.05, 3.63) is 75.3 Å². The molecule has 11 nitrogen and oxygen atoms in total. The summed E-state index contributed by atoms with van der Waals surface area (Å²) in [5.41, 5.74) is 5.85. The Kier molecular flexibility index (Phi) is 10.1. The fraction of sp³-hybridized carbons (Fsp3) is 0.488. The summed E-state index contributed by atoms with van der Waals surface area (Å²) >= 11 is 0. The molecule has 5 atom stereocenters. The summed E-state index contributed by atoms with van der Waals surface area (Å²) in [5.74, 6) is 1.68. The van der Waals surface area contributed by atoms with Crippen LogP contribution in [0.15, 0.2) is 36.4 Å². The lowest BCUT2D eigenvalue weighted by molar-refractivity contribution is -0.135. The van der Waals surface area contributed by atoms with Crippen molar-refractivity contribution in [1.82, 2.24) is 15.1 Å². The molecule has 1 saturated heterocycles. The van der Waals surface area contributed by atoms with Crippen molar-refractivity contribution < 1.29 is 33.6 Å². The molecule has 0 aliphatic carbocycles. The van der Waals surface area contributed by atoms with Crippen molar-refractivity contribution in [3.8, 4) is 34.8 Å². The van der Waals surface area contributed by atoms with Gasteiger partial charge in [0.2, 0.25) is 12.7 Å². The number of piperazine rings is 1. The van der Waals surface area contributed by atoms with Crippen LogP contribution in [0, 0.1) is 25.2 Å². The van der Waals surface area contributed by atoms with Gasteiger partial charge < -0.3 is 29.4 Å². The van der Waals surface area contributed by atoms with E-state index in [1.54, 1.807) is 7.11 Å². The second-order valence-electron chi connectivity index (χ2n) is 14.5. The number of hydrogen-bond donors (Lipinski definition) is 2. The van der Waals surface area contributed by atoms with Gasteiger partial charge in [0.15, 0.2) is 23.0 Å². The summed E-state index contributed by atoms with van der Waals surface area (Å²) in [6.45, 7) is 6.07. The van der Waals surface area contributed by atoms with Gasteiger partial charge in [0.25, 0.3) is 0 Å². The number of fused-ring (bicyclic) bond motifs is 9. The summed E-state index contributed by atoms with van der Waals surface area (Å²) in [5, 5.41) is 25.9. The maximum atomic E-state index is 13.4. The minimum absolute atomic E-state index is 0.0147. The highest BCUT2D eigenvalue weighted by molar-refractivity contribution is 5.77. The van der Waals surface area contributed by atoms with Crippen molar-refractivity contribution >= 4 is 11.9 Å². The number of nitrogens with zero attached hydrogens (tertiary/aromatic N) is 3. The Morgan fingerprint density at radius 3 is 2.54 bits per heavy atom. The maximum Gasteiger partial charge on any atom is 0.311 e. The molecule has 1 fully saturated rings. The number of carbonyl (C=O) groups is 2. The zero-order chi connectivity index (χ0) is 36.7. The third kappa shape index (κ3) is 6.11. The van der Waals surface area contributed by atoms with Crippen molar-refractivity contribution in [3.63, 3.8) is 0 Å². The van der Waals surface area contributed by atoms with Gasteiger partial charge in [0, 0.05) is 53.7 Å². The van der Waals surface area contributed by atoms with Crippen LogP contribution in [-0.2, 0) is 28.9 Å². The molecule has 274 valence electrons. The van der Waals surface area contributed by atoms with Crippen LogP contribution in [0.25, 0.3) is 0 Å². The highest BCUT2D eigenvalue weighted by Gasteiger charge is 2.57. The number of carbonyl (C=O) groups excluding carboxylic acids is 2. The number of esters is 1. The summed E-state index contributed by atoms with van der Waals surface area (Å²) in [6.07, 6.45) is 4.80. The summed E-state index contributed by atoms with van der Waals surface area (Å²) in [4.78, 5) is 31.2. The van der Waals surface area contributed by atoms with Crippen molar-refractivity contribution in [2.45, 2.75) is 102 Å². The molecule has 4 heterocycles. The van der Waals surface area contributed by atoms with E-state index in [1.165, 1.54) is 0 Å². The van der Waals surface area contributed by atoms with E-state index in [1.807, 2.05) is 51.2 Å². The van der Waals surface area contributed by atoms with Gasteiger partial charge >= 0.3 is 5.97 Å². The van der Waals surface area contributed by atoms with Gasteiger partial charge in [-0.25, -0.2) is 0 Å². The molecule has 0 saturated carbocycles. The van der Waals surface area contributed by atoms with Crippen LogP contribution in [-0.4, -0.2) is 72.4 Å². The normalized spacial score (nSPS) is 22.8. The lowest BCUT2D eigenvalue weighted by Crippen LogP contribution is -2.68. The first-order chi connectivity index (χ1) is 25.2. The van der Waals surface area contributed by atoms with E-state index in [0.717, 1.165) is 47.1 Å². The second kappa shape index (κ2) is 14.7. The van der Waals surface area contributed by atoms with Gasteiger partial charge in [-0.05, 0) is 63.3 Å². The zero-order valence-electron chi connectivity index (χ0n) is 30.7. The highest BCUT2D eigenvalue weighted by atomic mass is 16.7. The number of nitrogens with one attached hydrogen (secondary N) is 1. The molecule has 3 aromatic rings. The number of methoxy groups -OCH3 is 1. The average Bonchev–Trinajstić information content (AvgIpc) is 3.63. The summed E-state index contributed by atoms with van der Waals surface area (Å²) < 4.78 is 24.2. The third-order valence-corrected chi connectivity index (χ3v) is 11.4. The smallest absolute Gasteiger partial charge is 0.311 e. The molecule has 7 rings (SSSR count). The third-order valence-electron chi connectivity index (χ3n) is 11.4. The van der Waals surface area contributed by atoms with Gasteiger partial charge in [-0.1, -0.05) is 56.2 Å². The van der Waals surface area contributed by atoms with Gasteiger partial charge in [-0.3, -0.25) is 19.4 Å². The first kappa shape index (κ1) is 35.6. The van der Waals surface area contributed by atoms with E-state index in [4.69, 9.17) is 18.9 Å². The van der Waals surface area contributed by atoms with E-state index < -0.39 is 12.1 Å². The van der Waals surface area contributed by atoms with Gasteiger partial charge in [-0.15, -0.1) is 0 Å². The van der Waals surface area contributed by atoms with Crippen LogP contribution in [0.2, 0.25) is 0 Å². The Morgan fingerprint density at radius 1 is 1.04 bits per heavy atom. The molecule has 2 bridgehead atoms. The number of aryl methyl sites for hydroxylation is 2. The largest absolute Gasteiger partial charge is 0.507 e. The van der Waals surface area contributed by atoms with Crippen molar-refractivity contribution in [1.29, 1.82) is 5.26 Å². The van der Waals surface area contributed by atoms with Crippen LogP contribution in [0.4, 0.5) is 0 Å². The van der Waals surface area contributed by atoms with Crippen LogP contribution in [0.1, 0.15) is 90.1 Å². The lowest BCUT2D eigenvalue weighted by atomic mass is 9.71. The first-order valence-corrected chi connectivity index (χ1v) is 18.4. The number of hydrogen-bond acceptors (Lipinski definition) is 10. The Hall–Kier alpha value is -4.79. The molecule has 1 unspecified atom stereocenters. The molecule has 0 aromatic heterocycles. The van der Waals surface area contributed by atoms with Crippen LogP contribution < -0.4 is 24.3 Å². The zero-order valence-corrected chi connectivity index (χ0v) is 30.7. The SMILES string of the molecule is CCCCCC(=O)Oc1c(OC)c(C)cc2c1[C@@H]1C3Cc4c(O)c(C)c5c(c4[C@H](CNC(=O)CCc4ccccc4)N3[C@@H](C#N)[C@H](C2)N1C)OCO5. The van der Waals surface area contributed by atoms with Crippen molar-refractivity contribution in [2.75, 3.05) is 27.5 Å². The summed E-state index contributed by atoms with van der Waals surface area (Å²) in [7, 11) is 3.62. The maximum absolute atomic E-state index is 13.4. The molecule has 52 heavy (non-hydrogen) atoms. The van der Waals surface area contributed by atoms with Crippen LogP contribution >= 0.6 is 0 Å². The Morgan fingerprint density at radius 2 is 1.81 bits per heavy atom. The minimum atomic E-state index is -0.567. The minimum Gasteiger partial charge on any atom is -0.507 e. The highest BCUT2D eigenvalue weighted by Crippen LogP contribution is 2.58. The van der Waals surface area contributed by atoms with Crippen LogP contribution in [0.3, 0.4) is 0 Å². The summed E-state index contributed by atoms with van der Waals surface area (Å²) in [6, 6.07) is 12.7. The number of amides is 1. The monoisotopic (exact) mass is 708 g/mol. The van der Waals surface area contributed by atoms with Gasteiger partial charge in [0.05, 0.1) is 25.3 Å². The van der Waals surface area contributed by atoms with Crippen LogP contribution in [0.5, 0.6) is 28.7 Å². The fourth-order valence-corrected chi connectivity index (χ4v) is 9.01. The molecular weight excluding hydrogens is 660 g/mol. The number of ether oxygens (including phenoxy) is 4. The molecule has 4 aliphatic heterocycles. The first-order valence-electron chi connectivity index (χ1n) is 18.4. The number of benzene rings is 3. The Bertz CT molecular complexity index is 1910. The topological polar surface area (TPSA) is 134 Å². The molecule has 3 aromatic carbocycles. The predicted octanol–water partition coefficient (Wildman–Crippen LogP) is 5.75. The molecule has 11 heteroatoms. The number of aromatic hydroxyl groups is 1. The van der Waals surface area contributed by atoms with E-state index in [9.17, 15) is 20.0 Å². The van der Waals surface area contributed by atoms with E-state index in [0.29, 0.717) is 66.2 Å².